The van der Waals surface area contributed by atoms with Crippen LogP contribution in [-0.2, 0) is 16.6 Å². The molecule has 0 saturated heterocycles. The van der Waals surface area contributed by atoms with Gasteiger partial charge in [-0.15, -0.1) is 0 Å². The van der Waals surface area contributed by atoms with E-state index < -0.39 is 10.0 Å². The molecule has 4 N–H and O–H groups in total. The Labute approximate surface area is 133 Å². The maximum Gasteiger partial charge on any atom is 0.238 e. The molecule has 1 rings (SSSR count). The number of hydrogen-bond donors (Lipinski definition) is 3. The molecule has 0 saturated carbocycles. The number of guanidine groups is 1. The first kappa shape index (κ1) is 18.4. The summed E-state index contributed by atoms with van der Waals surface area (Å²) >= 11 is 0. The number of rotatable bonds is 7. The number of aliphatic imine (C=N–C) groups is 1. The Kier molecular flexibility index (Phi) is 7.34. The van der Waals surface area contributed by atoms with Crippen molar-refractivity contribution in [3.8, 4) is 0 Å². The Morgan fingerprint density at radius 2 is 2.05 bits per heavy atom. The molecule has 0 spiro atoms. The van der Waals surface area contributed by atoms with E-state index in [1.807, 2.05) is 6.07 Å². The SMILES string of the molecule is CN=C(NCCCC(C)C)NCc1cccc(S(N)(=O)=O)c1. The van der Waals surface area contributed by atoms with E-state index in [2.05, 4.69) is 29.5 Å². The second kappa shape index (κ2) is 8.75. The predicted molar refractivity (Wildman–Crippen MR) is 90.1 cm³/mol. The zero-order valence-electron chi connectivity index (χ0n) is 13.5. The number of hydrogen-bond acceptors (Lipinski definition) is 3. The normalized spacial score (nSPS) is 12.5. The third kappa shape index (κ3) is 6.91. The van der Waals surface area contributed by atoms with Crippen LogP contribution in [0, 0.1) is 5.92 Å². The minimum Gasteiger partial charge on any atom is -0.356 e. The molecule has 1 aromatic rings. The minimum atomic E-state index is -3.67. The maximum atomic E-state index is 11.3. The number of sulfonamides is 1. The highest BCUT2D eigenvalue weighted by Gasteiger charge is 2.08. The number of benzene rings is 1. The van der Waals surface area contributed by atoms with Gasteiger partial charge in [0.2, 0.25) is 10.0 Å². The van der Waals surface area contributed by atoms with Crippen LogP contribution >= 0.6 is 0 Å². The first-order chi connectivity index (χ1) is 10.3. The van der Waals surface area contributed by atoms with Crippen LogP contribution in [0.15, 0.2) is 34.2 Å². The fraction of sp³-hybridized carbons (Fsp3) is 0.533. The predicted octanol–water partition coefficient (Wildman–Crippen LogP) is 1.44. The van der Waals surface area contributed by atoms with Gasteiger partial charge in [-0.1, -0.05) is 26.0 Å². The first-order valence-electron chi connectivity index (χ1n) is 7.39. The van der Waals surface area contributed by atoms with E-state index in [0.717, 1.165) is 18.5 Å². The van der Waals surface area contributed by atoms with Crippen molar-refractivity contribution < 1.29 is 8.42 Å². The topological polar surface area (TPSA) is 96.6 Å². The molecule has 22 heavy (non-hydrogen) atoms. The van der Waals surface area contributed by atoms with E-state index >= 15 is 0 Å². The van der Waals surface area contributed by atoms with Crippen molar-refractivity contribution in [2.75, 3.05) is 13.6 Å². The summed E-state index contributed by atoms with van der Waals surface area (Å²) in [6.45, 7) is 5.74. The van der Waals surface area contributed by atoms with Crippen molar-refractivity contribution >= 4 is 16.0 Å². The second-order valence-electron chi connectivity index (χ2n) is 5.58. The summed E-state index contributed by atoms with van der Waals surface area (Å²) in [6.07, 6.45) is 2.25. The van der Waals surface area contributed by atoms with E-state index in [4.69, 9.17) is 5.14 Å². The summed E-state index contributed by atoms with van der Waals surface area (Å²) in [6, 6.07) is 6.56. The van der Waals surface area contributed by atoms with E-state index in [0.29, 0.717) is 18.4 Å². The second-order valence-corrected chi connectivity index (χ2v) is 7.14. The van der Waals surface area contributed by atoms with E-state index in [1.54, 1.807) is 19.2 Å². The quantitative estimate of drug-likeness (QED) is 0.401. The molecule has 124 valence electrons. The van der Waals surface area contributed by atoms with Gasteiger partial charge < -0.3 is 10.6 Å². The van der Waals surface area contributed by atoms with Gasteiger partial charge in [0, 0.05) is 20.1 Å². The van der Waals surface area contributed by atoms with Crippen LogP contribution in [0.2, 0.25) is 0 Å². The fourth-order valence-corrected chi connectivity index (χ4v) is 2.54. The summed E-state index contributed by atoms with van der Waals surface area (Å²) in [5.41, 5.74) is 0.830. The van der Waals surface area contributed by atoms with Gasteiger partial charge in [-0.3, -0.25) is 4.99 Å². The van der Waals surface area contributed by atoms with Crippen molar-refractivity contribution in [1.29, 1.82) is 0 Å². The highest BCUT2D eigenvalue weighted by atomic mass is 32.2. The van der Waals surface area contributed by atoms with Gasteiger partial charge >= 0.3 is 0 Å². The van der Waals surface area contributed by atoms with Gasteiger partial charge in [-0.05, 0) is 36.5 Å². The Balaban J connectivity index is 2.50. The maximum absolute atomic E-state index is 11.3. The molecular weight excluding hydrogens is 300 g/mol. The van der Waals surface area contributed by atoms with Crippen LogP contribution < -0.4 is 15.8 Å². The molecule has 7 heteroatoms. The molecule has 0 fully saturated rings. The molecule has 0 unspecified atom stereocenters. The van der Waals surface area contributed by atoms with Crippen LogP contribution in [0.4, 0.5) is 0 Å². The zero-order valence-corrected chi connectivity index (χ0v) is 14.3. The summed E-state index contributed by atoms with van der Waals surface area (Å²) in [4.78, 5) is 4.26. The molecule has 0 aliphatic heterocycles. The summed E-state index contributed by atoms with van der Waals surface area (Å²) in [5, 5.41) is 11.5. The lowest BCUT2D eigenvalue weighted by Gasteiger charge is -2.13. The van der Waals surface area contributed by atoms with Gasteiger partial charge in [0.25, 0.3) is 0 Å². The van der Waals surface area contributed by atoms with Crippen LogP contribution in [0.3, 0.4) is 0 Å². The highest BCUT2D eigenvalue weighted by Crippen LogP contribution is 2.09. The molecule has 0 amide bonds. The van der Waals surface area contributed by atoms with Gasteiger partial charge in [-0.25, -0.2) is 13.6 Å². The molecule has 0 aliphatic rings. The van der Waals surface area contributed by atoms with E-state index in [9.17, 15) is 8.42 Å². The molecule has 1 aromatic carbocycles. The van der Waals surface area contributed by atoms with Crippen LogP contribution in [0.25, 0.3) is 0 Å². The molecule has 0 radical (unpaired) electrons. The minimum absolute atomic E-state index is 0.117. The number of nitrogens with two attached hydrogens (primary N) is 1. The van der Waals surface area contributed by atoms with Crippen LogP contribution in [0.1, 0.15) is 32.3 Å². The average molecular weight is 326 g/mol. The highest BCUT2D eigenvalue weighted by molar-refractivity contribution is 7.89. The van der Waals surface area contributed by atoms with Gasteiger partial charge in [0.15, 0.2) is 5.96 Å². The van der Waals surface area contributed by atoms with Crippen LogP contribution in [0.5, 0.6) is 0 Å². The molecular formula is C15H26N4O2S. The zero-order chi connectivity index (χ0) is 16.6. The number of nitrogens with zero attached hydrogens (tertiary/aromatic N) is 1. The summed E-state index contributed by atoms with van der Waals surface area (Å²) in [7, 11) is -1.96. The number of primary sulfonamides is 1. The Bertz CT molecular complexity index is 597. The Hall–Kier alpha value is -1.60. The summed E-state index contributed by atoms with van der Waals surface area (Å²) in [5.74, 6) is 1.39. The largest absolute Gasteiger partial charge is 0.356 e. The molecule has 6 nitrogen and oxygen atoms in total. The molecule has 0 aromatic heterocycles. The average Bonchev–Trinajstić information content (AvgIpc) is 2.45. The van der Waals surface area contributed by atoms with Crippen molar-refractivity contribution in [2.45, 2.75) is 38.1 Å². The lowest BCUT2D eigenvalue weighted by Crippen LogP contribution is -2.37. The van der Waals surface area contributed by atoms with Crippen molar-refractivity contribution in [1.82, 2.24) is 10.6 Å². The molecule has 0 bridgehead atoms. The third-order valence-corrected chi connectivity index (χ3v) is 4.07. The first-order valence-corrected chi connectivity index (χ1v) is 8.94. The Morgan fingerprint density at radius 1 is 1.32 bits per heavy atom. The van der Waals surface area contributed by atoms with Crippen molar-refractivity contribution in [2.24, 2.45) is 16.0 Å². The third-order valence-electron chi connectivity index (χ3n) is 3.16. The van der Waals surface area contributed by atoms with Crippen LogP contribution in [-0.4, -0.2) is 28.0 Å². The lowest BCUT2D eigenvalue weighted by molar-refractivity contribution is 0.549. The smallest absolute Gasteiger partial charge is 0.238 e. The monoisotopic (exact) mass is 326 g/mol. The lowest BCUT2D eigenvalue weighted by atomic mass is 10.1. The van der Waals surface area contributed by atoms with Gasteiger partial charge in [-0.2, -0.15) is 0 Å². The molecule has 0 aliphatic carbocycles. The van der Waals surface area contributed by atoms with Crippen molar-refractivity contribution in [3.05, 3.63) is 29.8 Å². The number of nitrogens with one attached hydrogen (secondary N) is 2. The fourth-order valence-electron chi connectivity index (χ4n) is 1.96. The van der Waals surface area contributed by atoms with Gasteiger partial charge in [0.05, 0.1) is 4.90 Å². The molecule has 0 heterocycles. The van der Waals surface area contributed by atoms with Crippen molar-refractivity contribution in [3.63, 3.8) is 0 Å². The Morgan fingerprint density at radius 3 is 2.64 bits per heavy atom. The van der Waals surface area contributed by atoms with E-state index in [1.165, 1.54) is 12.5 Å². The standard InChI is InChI=1S/C15H26N4O2S/c1-12(2)6-5-9-18-15(17-3)19-11-13-7-4-8-14(10-13)22(16,20)21/h4,7-8,10,12H,5-6,9,11H2,1-3H3,(H2,16,20,21)(H2,17,18,19). The summed E-state index contributed by atoms with van der Waals surface area (Å²) < 4.78 is 22.7. The van der Waals surface area contributed by atoms with Gasteiger partial charge in [0.1, 0.15) is 0 Å². The van der Waals surface area contributed by atoms with E-state index in [-0.39, 0.29) is 4.90 Å². The molecule has 0 atom stereocenters.